The number of para-hydroxylation sites is 6. The molecule has 0 aliphatic rings. The van der Waals surface area contributed by atoms with E-state index in [0.29, 0.717) is 17.0 Å². The van der Waals surface area contributed by atoms with Gasteiger partial charge in [0.25, 0.3) is 10.1 Å². The lowest BCUT2D eigenvalue weighted by molar-refractivity contribution is 0.416. The van der Waals surface area contributed by atoms with Crippen molar-refractivity contribution in [2.75, 3.05) is 26.7 Å². The first-order chi connectivity index (χ1) is 34.3. The number of rotatable bonds is 15. The molecule has 70 heavy (non-hydrogen) atoms. The summed E-state index contributed by atoms with van der Waals surface area (Å²) in [5.41, 5.74) is 11.5. The van der Waals surface area contributed by atoms with Gasteiger partial charge in [-0.3, -0.25) is 4.55 Å². The maximum absolute atomic E-state index is 13.5. The Morgan fingerprint density at radius 2 is 0.529 bits per heavy atom. The summed E-state index contributed by atoms with van der Waals surface area (Å²) in [7, 11) is -3.21. The highest BCUT2D eigenvalue weighted by atomic mass is 32.2. The van der Waals surface area contributed by atoms with Crippen LogP contribution in [0.15, 0.2) is 272 Å². The quantitative estimate of drug-likeness (QED) is 0.102. The van der Waals surface area contributed by atoms with Crippen LogP contribution in [-0.4, -0.2) is 20.1 Å². The number of anilines is 12. The summed E-state index contributed by atoms with van der Waals surface area (Å²) >= 11 is 0. The first-order valence-electron chi connectivity index (χ1n) is 22.8. The van der Waals surface area contributed by atoms with Crippen LogP contribution in [0.1, 0.15) is 0 Å². The minimum atomic E-state index is -4.77. The fourth-order valence-electron chi connectivity index (χ4n) is 8.88. The average molecular weight is 933 g/mol. The summed E-state index contributed by atoms with van der Waals surface area (Å²) in [6.07, 6.45) is 0. The van der Waals surface area contributed by atoms with Crippen molar-refractivity contribution in [2.24, 2.45) is 0 Å². The van der Waals surface area contributed by atoms with E-state index in [0.717, 1.165) is 62.6 Å². The molecule has 0 radical (unpaired) electrons. The Balaban J connectivity index is 1.02. The molecule has 0 aliphatic heterocycles. The van der Waals surface area contributed by atoms with Crippen molar-refractivity contribution >= 4 is 78.4 Å². The van der Waals surface area contributed by atoms with Crippen LogP contribution in [0.2, 0.25) is 0 Å². The van der Waals surface area contributed by atoms with Crippen molar-refractivity contribution in [1.82, 2.24) is 0 Å². The Hall–Kier alpha value is -8.89. The molecule has 10 rings (SSSR count). The molecule has 0 heterocycles. The summed E-state index contributed by atoms with van der Waals surface area (Å²) in [5, 5.41) is 0. The summed E-state index contributed by atoms with van der Waals surface area (Å²) in [4.78, 5) is 8.24. The van der Waals surface area contributed by atoms with E-state index in [1.165, 1.54) is 6.07 Å². The molecule has 0 amide bonds. The lowest BCUT2D eigenvalue weighted by Crippen LogP contribution is -2.13. The Kier molecular flexibility index (Phi) is 12.9. The molecule has 1 N–H and O–H groups in total. The molecule has 0 aromatic heterocycles. The normalized spacial score (nSPS) is 11.1. The molecule has 0 unspecified atom stereocenters. The first kappa shape index (κ1) is 44.9. The number of ether oxygens (including phenoxy) is 1. The van der Waals surface area contributed by atoms with E-state index in [9.17, 15) is 13.0 Å². The zero-order chi connectivity index (χ0) is 47.9. The molecule has 342 valence electrons. The Morgan fingerprint density at radius 1 is 0.300 bits per heavy atom. The van der Waals surface area contributed by atoms with Crippen LogP contribution in [0.5, 0.6) is 5.75 Å². The molecule has 0 aliphatic carbocycles. The number of nitrogens with zero attached hydrogens (tertiary/aromatic N) is 4. The molecular formula is C61H48N4O4S. The lowest BCUT2D eigenvalue weighted by Gasteiger charge is -2.29. The van der Waals surface area contributed by atoms with Gasteiger partial charge >= 0.3 is 0 Å². The molecule has 10 aromatic carbocycles. The van der Waals surface area contributed by atoms with Crippen molar-refractivity contribution in [3.8, 4) is 16.9 Å². The topological polar surface area (TPSA) is 76.6 Å². The highest BCUT2D eigenvalue weighted by Gasteiger charge is 2.25. The smallest absolute Gasteiger partial charge is 0.295 e. The van der Waals surface area contributed by atoms with E-state index in [1.807, 2.05) is 187 Å². The van der Waals surface area contributed by atoms with Gasteiger partial charge in [0.15, 0.2) is 0 Å². The van der Waals surface area contributed by atoms with E-state index < -0.39 is 10.1 Å². The van der Waals surface area contributed by atoms with E-state index in [1.54, 1.807) is 13.2 Å². The van der Waals surface area contributed by atoms with E-state index in [4.69, 9.17) is 4.74 Å². The third-order valence-electron chi connectivity index (χ3n) is 12.1. The second kappa shape index (κ2) is 20.1. The Morgan fingerprint density at radius 3 is 0.800 bits per heavy atom. The van der Waals surface area contributed by atoms with Gasteiger partial charge in [-0.1, -0.05) is 115 Å². The van der Waals surface area contributed by atoms with Crippen LogP contribution in [-0.2, 0) is 10.1 Å². The van der Waals surface area contributed by atoms with Gasteiger partial charge in [0.05, 0.1) is 7.11 Å². The lowest BCUT2D eigenvalue weighted by atomic mass is 10.0. The van der Waals surface area contributed by atoms with Crippen LogP contribution in [0.4, 0.5) is 68.2 Å². The van der Waals surface area contributed by atoms with Gasteiger partial charge in [0.1, 0.15) is 10.6 Å². The van der Waals surface area contributed by atoms with Gasteiger partial charge in [-0.05, 0) is 146 Å². The van der Waals surface area contributed by atoms with Gasteiger partial charge in [0, 0.05) is 85.4 Å². The predicted molar refractivity (Wildman–Crippen MR) is 287 cm³/mol. The van der Waals surface area contributed by atoms with Gasteiger partial charge in [-0.15, -0.1) is 0 Å². The number of hydrogen-bond acceptors (Lipinski definition) is 7. The SMILES string of the molecule is COc1cc(N(c2ccccc2)c2ccc(N(c3ccccc3)c3ccccc3)cc2)ccc1-c1ccc(N(c2ccccc2)c2ccc(N(c3ccccc3)c3ccccc3)cc2)cc1S(=O)(=O)O. The molecule has 0 saturated carbocycles. The van der Waals surface area contributed by atoms with Crippen LogP contribution in [0.25, 0.3) is 11.1 Å². The Bertz CT molecular complexity index is 3350. The summed E-state index contributed by atoms with van der Waals surface area (Å²) in [6.45, 7) is 0. The van der Waals surface area contributed by atoms with Crippen LogP contribution >= 0.6 is 0 Å². The fourth-order valence-corrected chi connectivity index (χ4v) is 9.61. The second-order valence-corrected chi connectivity index (χ2v) is 17.8. The second-order valence-electron chi connectivity index (χ2n) is 16.4. The van der Waals surface area contributed by atoms with E-state index in [2.05, 4.69) is 87.5 Å². The highest BCUT2D eigenvalue weighted by molar-refractivity contribution is 7.86. The van der Waals surface area contributed by atoms with Crippen molar-refractivity contribution in [1.29, 1.82) is 0 Å². The molecule has 0 fully saturated rings. The largest absolute Gasteiger partial charge is 0.496 e. The molecule has 0 bridgehead atoms. The minimum Gasteiger partial charge on any atom is -0.496 e. The van der Waals surface area contributed by atoms with Crippen molar-refractivity contribution in [2.45, 2.75) is 4.90 Å². The maximum atomic E-state index is 13.5. The monoisotopic (exact) mass is 932 g/mol. The zero-order valence-corrected chi connectivity index (χ0v) is 39.1. The average Bonchev–Trinajstić information content (AvgIpc) is 3.41. The van der Waals surface area contributed by atoms with Gasteiger partial charge in [-0.25, -0.2) is 0 Å². The third kappa shape index (κ3) is 9.48. The van der Waals surface area contributed by atoms with Gasteiger partial charge in [0.2, 0.25) is 0 Å². The summed E-state index contributed by atoms with van der Waals surface area (Å²) in [5.74, 6) is 0.420. The summed E-state index contributed by atoms with van der Waals surface area (Å²) in [6, 6.07) is 88.0. The van der Waals surface area contributed by atoms with E-state index in [-0.39, 0.29) is 10.5 Å². The first-order valence-corrected chi connectivity index (χ1v) is 24.3. The van der Waals surface area contributed by atoms with E-state index >= 15 is 0 Å². The molecule has 0 saturated heterocycles. The molecule has 8 nitrogen and oxygen atoms in total. The highest BCUT2D eigenvalue weighted by Crippen LogP contribution is 2.45. The standard InChI is InChI=1S/C61H48N4O4S/c1-69-60-44-56(64(50-28-16-6-17-29-50)54-36-32-52(33-37-54)62(46-20-8-2-9-21-46)47-22-10-3-11-23-47)40-42-58(60)59-43-41-57(45-61(59)70(66,67)68)65(51-30-18-7-19-31-51)55-38-34-53(35-39-55)63(48-24-12-4-13-25-48)49-26-14-5-15-27-49/h2-45H,1H3,(H,66,67,68). The minimum absolute atomic E-state index is 0.259. The number of benzene rings is 10. The van der Waals surface area contributed by atoms with Crippen molar-refractivity contribution in [3.63, 3.8) is 0 Å². The Labute approximate surface area is 409 Å². The molecule has 10 aromatic rings. The molecule has 9 heteroatoms. The molecule has 0 atom stereocenters. The van der Waals surface area contributed by atoms with Crippen molar-refractivity contribution in [3.05, 3.63) is 267 Å². The van der Waals surface area contributed by atoms with Crippen LogP contribution < -0.4 is 24.3 Å². The number of methoxy groups -OCH3 is 1. The fraction of sp³-hybridized carbons (Fsp3) is 0.0164. The predicted octanol–water partition coefficient (Wildman–Crippen LogP) is 16.5. The maximum Gasteiger partial charge on any atom is 0.295 e. The third-order valence-corrected chi connectivity index (χ3v) is 12.9. The molecule has 0 spiro atoms. The van der Waals surface area contributed by atoms with Gasteiger partial charge < -0.3 is 24.3 Å². The summed E-state index contributed by atoms with van der Waals surface area (Å²) < 4.78 is 44.2. The molecular weight excluding hydrogens is 885 g/mol. The van der Waals surface area contributed by atoms with Crippen molar-refractivity contribution < 1.29 is 17.7 Å². The van der Waals surface area contributed by atoms with Gasteiger partial charge in [-0.2, -0.15) is 8.42 Å². The van der Waals surface area contributed by atoms with Crippen LogP contribution in [0.3, 0.4) is 0 Å². The number of hydrogen-bond donors (Lipinski definition) is 1. The zero-order valence-electron chi connectivity index (χ0n) is 38.3. The van der Waals surface area contributed by atoms with Crippen LogP contribution in [0, 0.1) is 0 Å².